The Hall–Kier alpha value is -1.24. The van der Waals surface area contributed by atoms with Gasteiger partial charge in [0.15, 0.2) is 5.78 Å². The molecule has 6 heteroatoms. The molecule has 0 spiro atoms. The molecule has 1 heterocycles. The van der Waals surface area contributed by atoms with Gasteiger partial charge < -0.3 is 0 Å². The Morgan fingerprint density at radius 3 is 2.30 bits per heavy atom. The van der Waals surface area contributed by atoms with Gasteiger partial charge in [-0.2, -0.15) is 4.31 Å². The van der Waals surface area contributed by atoms with E-state index in [0.29, 0.717) is 32.7 Å². The molecular formula is C14H20N2O3S. The minimum absolute atomic E-state index is 0.0934. The van der Waals surface area contributed by atoms with Crippen LogP contribution in [0.25, 0.3) is 0 Å². The van der Waals surface area contributed by atoms with Crippen molar-refractivity contribution >= 4 is 15.8 Å². The molecule has 1 aromatic carbocycles. The van der Waals surface area contributed by atoms with Crippen molar-refractivity contribution in [1.82, 2.24) is 9.21 Å². The van der Waals surface area contributed by atoms with E-state index < -0.39 is 10.0 Å². The molecule has 5 nitrogen and oxygen atoms in total. The number of hydrogen-bond acceptors (Lipinski definition) is 4. The molecule has 0 atom stereocenters. The van der Waals surface area contributed by atoms with Crippen LogP contribution in [0.1, 0.15) is 15.9 Å². The maximum absolute atomic E-state index is 12.2. The number of rotatable bonds is 4. The number of ketones is 1. The molecular weight excluding hydrogens is 276 g/mol. The monoisotopic (exact) mass is 296 g/mol. The van der Waals surface area contributed by atoms with E-state index in [2.05, 4.69) is 0 Å². The molecule has 0 saturated carbocycles. The maximum atomic E-state index is 12.2. The Balaban J connectivity index is 1.93. The topological polar surface area (TPSA) is 57.7 Å². The normalized spacial score (nSPS) is 18.1. The minimum Gasteiger partial charge on any atom is -0.293 e. The van der Waals surface area contributed by atoms with Crippen molar-refractivity contribution in [2.45, 2.75) is 6.92 Å². The zero-order valence-corrected chi connectivity index (χ0v) is 12.7. The number of sulfonamides is 1. The molecule has 0 amide bonds. The molecule has 0 radical (unpaired) electrons. The first-order chi connectivity index (χ1) is 9.38. The van der Waals surface area contributed by atoms with Gasteiger partial charge in [0.2, 0.25) is 10.0 Å². The molecule has 2 rings (SSSR count). The van der Waals surface area contributed by atoms with Crippen molar-refractivity contribution in [3.05, 3.63) is 35.4 Å². The first-order valence-corrected chi connectivity index (χ1v) is 8.49. The van der Waals surface area contributed by atoms with Crippen molar-refractivity contribution < 1.29 is 13.2 Å². The summed E-state index contributed by atoms with van der Waals surface area (Å²) in [6.45, 7) is 4.40. The van der Waals surface area contributed by atoms with Gasteiger partial charge >= 0.3 is 0 Å². The second-order valence-electron chi connectivity index (χ2n) is 5.18. The summed E-state index contributed by atoms with van der Waals surface area (Å²) in [5, 5.41) is 0. The smallest absolute Gasteiger partial charge is 0.211 e. The van der Waals surface area contributed by atoms with Gasteiger partial charge in [-0.05, 0) is 12.5 Å². The lowest BCUT2D eigenvalue weighted by atomic mass is 10.0. The number of carbonyl (C=O) groups is 1. The van der Waals surface area contributed by atoms with Gasteiger partial charge in [-0.15, -0.1) is 0 Å². The SMILES string of the molecule is Cc1ccccc1C(=O)CN1CCN(S(C)(=O)=O)CC1. The van der Waals surface area contributed by atoms with Crippen molar-refractivity contribution in [2.75, 3.05) is 39.0 Å². The summed E-state index contributed by atoms with van der Waals surface area (Å²) >= 11 is 0. The number of carbonyl (C=O) groups excluding carboxylic acids is 1. The summed E-state index contributed by atoms with van der Waals surface area (Å²) in [4.78, 5) is 14.2. The molecule has 1 aliphatic heterocycles. The second kappa shape index (κ2) is 6.03. The third-order valence-electron chi connectivity index (χ3n) is 3.61. The number of hydrogen-bond donors (Lipinski definition) is 0. The molecule has 110 valence electrons. The van der Waals surface area contributed by atoms with Crippen molar-refractivity contribution in [3.8, 4) is 0 Å². The molecule has 1 fully saturated rings. The fourth-order valence-electron chi connectivity index (χ4n) is 2.39. The van der Waals surface area contributed by atoms with Crippen LogP contribution < -0.4 is 0 Å². The van der Waals surface area contributed by atoms with E-state index in [-0.39, 0.29) is 5.78 Å². The zero-order chi connectivity index (χ0) is 14.8. The number of Topliss-reactive ketones (excluding diaryl/α,β-unsaturated/α-hetero) is 1. The van der Waals surface area contributed by atoms with E-state index in [1.165, 1.54) is 10.6 Å². The second-order valence-corrected chi connectivity index (χ2v) is 7.16. The molecule has 0 aromatic heterocycles. The fraction of sp³-hybridized carbons (Fsp3) is 0.500. The highest BCUT2D eigenvalue weighted by atomic mass is 32.2. The fourth-order valence-corrected chi connectivity index (χ4v) is 3.22. The summed E-state index contributed by atoms with van der Waals surface area (Å²) < 4.78 is 24.3. The molecule has 0 aliphatic carbocycles. The molecule has 1 aliphatic rings. The largest absolute Gasteiger partial charge is 0.293 e. The first kappa shape index (κ1) is 15.2. The average molecular weight is 296 g/mol. The van der Waals surface area contributed by atoms with Crippen LogP contribution in [0.5, 0.6) is 0 Å². The standard InChI is InChI=1S/C14H20N2O3S/c1-12-5-3-4-6-13(12)14(17)11-15-7-9-16(10-8-15)20(2,18)19/h3-6H,7-11H2,1-2H3. The highest BCUT2D eigenvalue weighted by Gasteiger charge is 2.24. The average Bonchev–Trinajstić information content (AvgIpc) is 2.38. The lowest BCUT2D eigenvalue weighted by Gasteiger charge is -2.32. The lowest BCUT2D eigenvalue weighted by Crippen LogP contribution is -2.49. The molecule has 1 aromatic rings. The van der Waals surface area contributed by atoms with E-state index in [9.17, 15) is 13.2 Å². The Morgan fingerprint density at radius 1 is 1.15 bits per heavy atom. The van der Waals surface area contributed by atoms with Crippen LogP contribution in [-0.4, -0.2) is 62.4 Å². The van der Waals surface area contributed by atoms with Crippen LogP contribution >= 0.6 is 0 Å². The predicted octanol–water partition coefficient (Wildman–Crippen LogP) is 0.755. The molecule has 1 saturated heterocycles. The first-order valence-electron chi connectivity index (χ1n) is 6.64. The summed E-state index contributed by atoms with van der Waals surface area (Å²) in [6, 6.07) is 7.54. The molecule has 0 N–H and O–H groups in total. The van der Waals surface area contributed by atoms with Gasteiger partial charge in [0.1, 0.15) is 0 Å². The van der Waals surface area contributed by atoms with Crippen LogP contribution in [0.3, 0.4) is 0 Å². The van der Waals surface area contributed by atoms with E-state index in [1.54, 1.807) is 0 Å². The van der Waals surface area contributed by atoms with E-state index in [4.69, 9.17) is 0 Å². The number of nitrogens with zero attached hydrogens (tertiary/aromatic N) is 2. The third kappa shape index (κ3) is 3.65. The van der Waals surface area contributed by atoms with Gasteiger partial charge in [0.25, 0.3) is 0 Å². The van der Waals surface area contributed by atoms with E-state index >= 15 is 0 Å². The van der Waals surface area contributed by atoms with Crippen LogP contribution in [0.15, 0.2) is 24.3 Å². The van der Waals surface area contributed by atoms with Gasteiger partial charge in [0.05, 0.1) is 12.8 Å². The highest BCUT2D eigenvalue weighted by molar-refractivity contribution is 7.88. The quantitative estimate of drug-likeness (QED) is 0.770. The Bertz CT molecular complexity index is 590. The Labute approximate surface area is 120 Å². The number of aryl methyl sites for hydroxylation is 1. The Kier molecular flexibility index (Phi) is 4.57. The Morgan fingerprint density at radius 2 is 1.75 bits per heavy atom. The van der Waals surface area contributed by atoms with Crippen LogP contribution in [0, 0.1) is 6.92 Å². The summed E-state index contributed by atoms with van der Waals surface area (Å²) in [5.74, 6) is 0.0934. The lowest BCUT2D eigenvalue weighted by molar-refractivity contribution is 0.0901. The summed E-state index contributed by atoms with van der Waals surface area (Å²) in [5.41, 5.74) is 1.73. The van der Waals surface area contributed by atoms with Crippen LogP contribution in [0.2, 0.25) is 0 Å². The molecule has 0 bridgehead atoms. The number of benzene rings is 1. The van der Waals surface area contributed by atoms with Crippen LogP contribution in [0.4, 0.5) is 0 Å². The van der Waals surface area contributed by atoms with Crippen LogP contribution in [-0.2, 0) is 10.0 Å². The number of piperazine rings is 1. The van der Waals surface area contributed by atoms with E-state index in [0.717, 1.165) is 11.1 Å². The summed E-state index contributed by atoms with van der Waals surface area (Å²) in [6.07, 6.45) is 1.22. The van der Waals surface area contributed by atoms with Gasteiger partial charge in [-0.1, -0.05) is 24.3 Å². The van der Waals surface area contributed by atoms with Crippen molar-refractivity contribution in [1.29, 1.82) is 0 Å². The highest BCUT2D eigenvalue weighted by Crippen LogP contribution is 2.11. The molecule has 0 unspecified atom stereocenters. The van der Waals surface area contributed by atoms with Gasteiger partial charge in [-0.3, -0.25) is 9.69 Å². The van der Waals surface area contributed by atoms with E-state index in [1.807, 2.05) is 36.1 Å². The summed E-state index contributed by atoms with van der Waals surface area (Å²) in [7, 11) is -3.11. The predicted molar refractivity (Wildman–Crippen MR) is 78.4 cm³/mol. The van der Waals surface area contributed by atoms with Gasteiger partial charge in [-0.25, -0.2) is 8.42 Å². The van der Waals surface area contributed by atoms with Gasteiger partial charge in [0, 0.05) is 31.7 Å². The third-order valence-corrected chi connectivity index (χ3v) is 4.92. The van der Waals surface area contributed by atoms with Crippen molar-refractivity contribution in [3.63, 3.8) is 0 Å². The van der Waals surface area contributed by atoms with Crippen molar-refractivity contribution in [2.24, 2.45) is 0 Å². The minimum atomic E-state index is -3.11. The zero-order valence-electron chi connectivity index (χ0n) is 11.9. The molecule has 20 heavy (non-hydrogen) atoms. The maximum Gasteiger partial charge on any atom is 0.211 e.